The number of benzene rings is 3. The molecule has 8 nitrogen and oxygen atoms in total. The third kappa shape index (κ3) is 5.55. The second-order valence-corrected chi connectivity index (χ2v) is 9.40. The van der Waals surface area contributed by atoms with Gasteiger partial charge >= 0.3 is 5.97 Å². The first kappa shape index (κ1) is 23.3. The number of ether oxygens (including phenoxy) is 3. The van der Waals surface area contributed by atoms with Gasteiger partial charge in [0.2, 0.25) is 0 Å². The molecule has 0 aromatic heterocycles. The van der Waals surface area contributed by atoms with Crippen LogP contribution in [0.25, 0.3) is 0 Å². The Labute approximate surface area is 197 Å². The Hall–Kier alpha value is -3.85. The van der Waals surface area contributed by atoms with Crippen molar-refractivity contribution >= 4 is 27.5 Å². The molecule has 1 aliphatic rings. The van der Waals surface area contributed by atoms with E-state index in [1.807, 2.05) is 13.0 Å². The lowest BCUT2D eigenvalue weighted by Crippen LogP contribution is -2.16. The monoisotopic (exact) mass is 481 g/mol. The molecule has 1 heterocycles. The van der Waals surface area contributed by atoms with E-state index in [0.717, 1.165) is 12.0 Å². The molecule has 1 aliphatic heterocycles. The number of rotatable bonds is 7. The molecule has 0 spiro atoms. The number of esters is 1. The molecule has 0 saturated heterocycles. The number of hydrogen-bond donors (Lipinski definition) is 1. The summed E-state index contributed by atoms with van der Waals surface area (Å²) in [7, 11) is -3.92. The van der Waals surface area contributed by atoms with Gasteiger partial charge in [0.15, 0.2) is 23.9 Å². The fourth-order valence-corrected chi connectivity index (χ4v) is 4.44. The van der Waals surface area contributed by atoms with Gasteiger partial charge in [-0.25, -0.2) is 13.2 Å². The third-order valence-corrected chi connectivity index (χ3v) is 6.43. The van der Waals surface area contributed by atoms with Crippen molar-refractivity contribution in [1.29, 1.82) is 0 Å². The van der Waals surface area contributed by atoms with Crippen LogP contribution in [0.5, 0.6) is 11.5 Å². The van der Waals surface area contributed by atoms with Crippen LogP contribution in [0.3, 0.4) is 0 Å². The van der Waals surface area contributed by atoms with Crippen LogP contribution >= 0.6 is 0 Å². The predicted octanol–water partition coefficient (Wildman–Crippen LogP) is 4.00. The number of aryl methyl sites for hydroxylation is 1. The summed E-state index contributed by atoms with van der Waals surface area (Å²) in [5, 5.41) is 0. The number of anilines is 1. The number of nitrogens with one attached hydrogen (secondary N) is 1. The number of Topliss-reactive ketones (excluding diaryl/α,β-unsaturated/α-hetero) is 1. The van der Waals surface area contributed by atoms with Crippen molar-refractivity contribution in [2.75, 3.05) is 24.5 Å². The Kier molecular flexibility index (Phi) is 6.83. The molecule has 0 bridgehead atoms. The van der Waals surface area contributed by atoms with Crippen LogP contribution in [-0.4, -0.2) is 40.0 Å². The number of ketones is 1. The van der Waals surface area contributed by atoms with E-state index in [0.29, 0.717) is 36.0 Å². The lowest BCUT2D eigenvalue weighted by atomic mass is 10.1. The molecule has 0 amide bonds. The molecular formula is C25H23NO7S. The summed E-state index contributed by atoms with van der Waals surface area (Å²) in [6.07, 6.45) is 0.741. The van der Waals surface area contributed by atoms with Gasteiger partial charge in [-0.2, -0.15) is 0 Å². The Balaban J connectivity index is 1.42. The van der Waals surface area contributed by atoms with Crippen LogP contribution in [0, 0.1) is 6.92 Å². The van der Waals surface area contributed by atoms with E-state index in [9.17, 15) is 18.0 Å². The highest BCUT2D eigenvalue weighted by molar-refractivity contribution is 7.92. The topological polar surface area (TPSA) is 108 Å². The van der Waals surface area contributed by atoms with E-state index in [4.69, 9.17) is 14.2 Å². The van der Waals surface area contributed by atoms with Gasteiger partial charge in [-0.05, 0) is 61.0 Å². The van der Waals surface area contributed by atoms with E-state index < -0.39 is 28.4 Å². The second-order valence-electron chi connectivity index (χ2n) is 7.71. The van der Waals surface area contributed by atoms with Gasteiger partial charge in [0.1, 0.15) is 0 Å². The van der Waals surface area contributed by atoms with Crippen molar-refractivity contribution in [3.8, 4) is 11.5 Å². The highest BCUT2D eigenvalue weighted by atomic mass is 32.2. The highest BCUT2D eigenvalue weighted by Crippen LogP contribution is 2.30. The summed E-state index contributed by atoms with van der Waals surface area (Å²) >= 11 is 0. The van der Waals surface area contributed by atoms with E-state index >= 15 is 0 Å². The van der Waals surface area contributed by atoms with Gasteiger partial charge in [-0.15, -0.1) is 0 Å². The normalized spacial score (nSPS) is 13.0. The van der Waals surface area contributed by atoms with E-state index in [2.05, 4.69) is 4.72 Å². The highest BCUT2D eigenvalue weighted by Gasteiger charge is 2.19. The first-order valence-corrected chi connectivity index (χ1v) is 12.1. The van der Waals surface area contributed by atoms with E-state index in [1.54, 1.807) is 36.4 Å². The molecule has 3 aromatic rings. The zero-order valence-electron chi connectivity index (χ0n) is 18.4. The van der Waals surface area contributed by atoms with Gasteiger partial charge in [0.05, 0.1) is 23.7 Å². The van der Waals surface area contributed by atoms with Gasteiger partial charge in [-0.3, -0.25) is 9.52 Å². The van der Waals surface area contributed by atoms with Crippen molar-refractivity contribution in [2.45, 2.75) is 18.2 Å². The van der Waals surface area contributed by atoms with Crippen molar-refractivity contribution in [3.05, 3.63) is 83.4 Å². The number of carbonyl (C=O) groups is 2. The Morgan fingerprint density at radius 2 is 1.68 bits per heavy atom. The minimum atomic E-state index is -3.92. The van der Waals surface area contributed by atoms with Gasteiger partial charge < -0.3 is 14.2 Å². The molecular weight excluding hydrogens is 458 g/mol. The molecule has 1 N–H and O–H groups in total. The van der Waals surface area contributed by atoms with Crippen molar-refractivity contribution < 1.29 is 32.2 Å². The quantitative estimate of drug-likeness (QED) is 0.401. The minimum Gasteiger partial charge on any atom is -0.490 e. The largest absolute Gasteiger partial charge is 0.490 e. The summed E-state index contributed by atoms with van der Waals surface area (Å²) in [6, 6.07) is 17.1. The standard InChI is InChI=1S/C25H23NO7S/c1-17-5-2-7-20(13-17)26-34(29,30)21-8-3-6-19(14-21)25(28)33-16-22(27)18-9-10-23-24(15-18)32-12-4-11-31-23/h2-3,5-10,13-15,26H,4,11-12,16H2,1H3. The third-order valence-electron chi connectivity index (χ3n) is 5.05. The fraction of sp³-hybridized carbons (Fsp3) is 0.200. The Morgan fingerprint density at radius 3 is 2.47 bits per heavy atom. The van der Waals surface area contributed by atoms with Crippen molar-refractivity contribution in [1.82, 2.24) is 0 Å². The van der Waals surface area contributed by atoms with Crippen molar-refractivity contribution in [3.63, 3.8) is 0 Å². The van der Waals surface area contributed by atoms with Crippen LogP contribution in [0.1, 0.15) is 32.7 Å². The predicted molar refractivity (Wildman–Crippen MR) is 125 cm³/mol. The van der Waals surface area contributed by atoms with Crippen LogP contribution in [-0.2, 0) is 14.8 Å². The van der Waals surface area contributed by atoms with Gasteiger partial charge in [0.25, 0.3) is 10.0 Å². The smallest absolute Gasteiger partial charge is 0.338 e. The summed E-state index contributed by atoms with van der Waals surface area (Å²) in [5.41, 5.74) is 1.64. The molecule has 3 aromatic carbocycles. The van der Waals surface area contributed by atoms with Crippen LogP contribution in [0.2, 0.25) is 0 Å². The molecule has 0 fully saturated rings. The summed E-state index contributed by atoms with van der Waals surface area (Å²) in [5.74, 6) is -0.207. The maximum atomic E-state index is 12.7. The van der Waals surface area contributed by atoms with Crippen LogP contribution in [0.4, 0.5) is 5.69 Å². The summed E-state index contributed by atoms with van der Waals surface area (Å²) in [4.78, 5) is 24.9. The lowest BCUT2D eigenvalue weighted by Gasteiger charge is -2.11. The van der Waals surface area contributed by atoms with Crippen molar-refractivity contribution in [2.24, 2.45) is 0 Å². The number of sulfonamides is 1. The summed E-state index contributed by atoms with van der Waals surface area (Å²) < 4.78 is 44.2. The number of carbonyl (C=O) groups excluding carboxylic acids is 2. The first-order chi connectivity index (χ1) is 16.3. The maximum Gasteiger partial charge on any atom is 0.338 e. The van der Waals surface area contributed by atoms with E-state index in [1.165, 1.54) is 24.3 Å². The molecule has 0 aliphatic carbocycles. The fourth-order valence-electron chi connectivity index (χ4n) is 3.35. The average molecular weight is 482 g/mol. The van der Waals surface area contributed by atoms with E-state index in [-0.39, 0.29) is 10.5 Å². The molecule has 34 heavy (non-hydrogen) atoms. The lowest BCUT2D eigenvalue weighted by molar-refractivity contribution is 0.0474. The molecule has 0 unspecified atom stereocenters. The first-order valence-electron chi connectivity index (χ1n) is 10.6. The Bertz CT molecular complexity index is 1330. The molecule has 0 radical (unpaired) electrons. The van der Waals surface area contributed by atoms with Gasteiger partial charge in [0, 0.05) is 17.7 Å². The second kappa shape index (κ2) is 9.96. The number of fused-ring (bicyclic) bond motifs is 1. The zero-order chi connectivity index (χ0) is 24.1. The maximum absolute atomic E-state index is 12.7. The molecule has 4 rings (SSSR count). The Morgan fingerprint density at radius 1 is 0.912 bits per heavy atom. The average Bonchev–Trinajstić information content (AvgIpc) is 3.07. The number of hydrogen-bond acceptors (Lipinski definition) is 7. The molecule has 0 atom stereocenters. The molecule has 0 saturated carbocycles. The zero-order valence-corrected chi connectivity index (χ0v) is 19.3. The molecule has 176 valence electrons. The van der Waals surface area contributed by atoms with Gasteiger partial charge in [-0.1, -0.05) is 18.2 Å². The molecule has 9 heteroatoms. The van der Waals surface area contributed by atoms with Crippen LogP contribution in [0.15, 0.2) is 71.6 Å². The van der Waals surface area contributed by atoms with Crippen LogP contribution < -0.4 is 14.2 Å². The SMILES string of the molecule is Cc1cccc(NS(=O)(=O)c2cccc(C(=O)OCC(=O)c3ccc4c(c3)OCCCO4)c2)c1. The minimum absolute atomic E-state index is 0.0126. The summed E-state index contributed by atoms with van der Waals surface area (Å²) in [6.45, 7) is 2.36.